The summed E-state index contributed by atoms with van der Waals surface area (Å²) >= 11 is 0. The summed E-state index contributed by atoms with van der Waals surface area (Å²) in [6.07, 6.45) is 5.75. The van der Waals surface area contributed by atoms with E-state index in [0.29, 0.717) is 11.7 Å². The molecule has 1 aliphatic rings. The van der Waals surface area contributed by atoms with E-state index in [1.165, 1.54) is 0 Å². The average Bonchev–Trinajstić information content (AvgIpc) is 2.90. The van der Waals surface area contributed by atoms with Crippen LogP contribution in [0.3, 0.4) is 0 Å². The first-order chi connectivity index (χ1) is 8.43. The zero-order chi connectivity index (χ0) is 11.5. The van der Waals surface area contributed by atoms with E-state index < -0.39 is 0 Å². The van der Waals surface area contributed by atoms with Crippen LogP contribution in [-0.4, -0.2) is 28.2 Å². The third-order valence-corrected chi connectivity index (χ3v) is 3.01. The van der Waals surface area contributed by atoms with Crippen LogP contribution in [0.2, 0.25) is 0 Å². The molecular formula is C12H14N4O. The highest BCUT2D eigenvalue weighted by Crippen LogP contribution is 2.23. The van der Waals surface area contributed by atoms with E-state index in [4.69, 9.17) is 4.52 Å². The Morgan fingerprint density at radius 2 is 2.41 bits per heavy atom. The second-order valence-electron chi connectivity index (χ2n) is 4.24. The summed E-state index contributed by atoms with van der Waals surface area (Å²) in [5, 5.41) is 7.35. The van der Waals surface area contributed by atoms with Crippen molar-refractivity contribution < 1.29 is 4.52 Å². The van der Waals surface area contributed by atoms with Gasteiger partial charge in [-0.25, -0.2) is 0 Å². The molecule has 1 saturated heterocycles. The minimum Gasteiger partial charge on any atom is -0.339 e. The summed E-state index contributed by atoms with van der Waals surface area (Å²) in [5.74, 6) is 1.70. The van der Waals surface area contributed by atoms with Crippen LogP contribution in [0.5, 0.6) is 0 Å². The standard InChI is InChI=1S/C12H14N4O/c1-3-9(7-13-5-1)11-15-12(17-16-11)10-4-2-6-14-8-10/h1,3,5,7,10,14H,2,4,6,8H2. The van der Waals surface area contributed by atoms with Crippen molar-refractivity contribution in [3.05, 3.63) is 30.4 Å². The van der Waals surface area contributed by atoms with E-state index in [1.54, 1.807) is 12.4 Å². The number of piperidine rings is 1. The quantitative estimate of drug-likeness (QED) is 0.849. The molecule has 0 aromatic carbocycles. The third-order valence-electron chi connectivity index (χ3n) is 3.01. The molecule has 0 bridgehead atoms. The smallest absolute Gasteiger partial charge is 0.231 e. The maximum atomic E-state index is 5.33. The molecule has 88 valence electrons. The molecule has 5 heteroatoms. The van der Waals surface area contributed by atoms with E-state index >= 15 is 0 Å². The molecule has 2 aromatic heterocycles. The van der Waals surface area contributed by atoms with Gasteiger partial charge in [-0.3, -0.25) is 4.98 Å². The first kappa shape index (κ1) is 10.4. The molecule has 0 aliphatic carbocycles. The first-order valence-electron chi connectivity index (χ1n) is 5.88. The summed E-state index contributed by atoms with van der Waals surface area (Å²) in [6, 6.07) is 3.80. The van der Waals surface area contributed by atoms with Crippen LogP contribution in [0.25, 0.3) is 11.4 Å². The van der Waals surface area contributed by atoms with Crippen LogP contribution < -0.4 is 5.32 Å². The van der Waals surface area contributed by atoms with Crippen LogP contribution in [-0.2, 0) is 0 Å². The number of rotatable bonds is 2. The van der Waals surface area contributed by atoms with E-state index in [-0.39, 0.29) is 0 Å². The van der Waals surface area contributed by atoms with E-state index in [9.17, 15) is 0 Å². The van der Waals surface area contributed by atoms with Crippen molar-refractivity contribution in [1.82, 2.24) is 20.4 Å². The fourth-order valence-electron chi connectivity index (χ4n) is 2.08. The molecule has 1 fully saturated rings. The van der Waals surface area contributed by atoms with Gasteiger partial charge in [-0.2, -0.15) is 4.98 Å². The van der Waals surface area contributed by atoms with Gasteiger partial charge in [0.2, 0.25) is 11.7 Å². The Hall–Kier alpha value is -1.75. The molecule has 1 aliphatic heterocycles. The monoisotopic (exact) mass is 230 g/mol. The van der Waals surface area contributed by atoms with Crippen LogP contribution >= 0.6 is 0 Å². The van der Waals surface area contributed by atoms with Crippen LogP contribution in [0.1, 0.15) is 24.7 Å². The molecule has 1 atom stereocenters. The SMILES string of the molecule is c1cncc(-c2noc(C3CCCNC3)n2)c1. The molecule has 3 rings (SSSR count). The minimum atomic E-state index is 0.349. The molecule has 0 radical (unpaired) electrons. The van der Waals surface area contributed by atoms with Gasteiger partial charge in [-0.05, 0) is 31.5 Å². The van der Waals surface area contributed by atoms with Gasteiger partial charge in [0.15, 0.2) is 0 Å². The molecule has 3 heterocycles. The Kier molecular flexibility index (Phi) is 2.83. The first-order valence-corrected chi connectivity index (χ1v) is 5.88. The highest BCUT2D eigenvalue weighted by atomic mass is 16.5. The van der Waals surface area contributed by atoms with Gasteiger partial charge < -0.3 is 9.84 Å². The van der Waals surface area contributed by atoms with Crippen molar-refractivity contribution in [2.24, 2.45) is 0 Å². The van der Waals surface area contributed by atoms with Crippen molar-refractivity contribution in [1.29, 1.82) is 0 Å². The maximum absolute atomic E-state index is 5.33. The molecule has 2 aromatic rings. The Balaban J connectivity index is 1.83. The van der Waals surface area contributed by atoms with Crippen LogP contribution in [0.15, 0.2) is 29.0 Å². The van der Waals surface area contributed by atoms with Crippen molar-refractivity contribution in [3.8, 4) is 11.4 Å². The summed E-state index contributed by atoms with van der Waals surface area (Å²) in [5.41, 5.74) is 0.895. The predicted octanol–water partition coefficient (Wildman–Crippen LogP) is 1.60. The van der Waals surface area contributed by atoms with Gasteiger partial charge in [0, 0.05) is 24.5 Å². The lowest BCUT2D eigenvalue weighted by Gasteiger charge is -2.18. The van der Waals surface area contributed by atoms with Gasteiger partial charge in [-0.1, -0.05) is 5.16 Å². The lowest BCUT2D eigenvalue weighted by atomic mass is 10.00. The minimum absolute atomic E-state index is 0.349. The highest BCUT2D eigenvalue weighted by molar-refractivity contribution is 5.51. The van der Waals surface area contributed by atoms with E-state index in [1.807, 2.05) is 12.1 Å². The van der Waals surface area contributed by atoms with Crippen molar-refractivity contribution in [3.63, 3.8) is 0 Å². The fraction of sp³-hybridized carbons (Fsp3) is 0.417. The Labute approximate surface area is 99.3 Å². The van der Waals surface area contributed by atoms with Gasteiger partial charge in [0.05, 0.1) is 5.92 Å². The van der Waals surface area contributed by atoms with Crippen molar-refractivity contribution in [2.45, 2.75) is 18.8 Å². The summed E-state index contributed by atoms with van der Waals surface area (Å²) < 4.78 is 5.33. The van der Waals surface area contributed by atoms with Crippen LogP contribution in [0.4, 0.5) is 0 Å². The molecule has 5 nitrogen and oxygen atoms in total. The molecule has 0 saturated carbocycles. The lowest BCUT2D eigenvalue weighted by Crippen LogP contribution is -2.28. The summed E-state index contributed by atoms with van der Waals surface area (Å²) in [7, 11) is 0. The Morgan fingerprint density at radius 1 is 1.41 bits per heavy atom. The van der Waals surface area contributed by atoms with E-state index in [2.05, 4.69) is 20.4 Å². The molecule has 17 heavy (non-hydrogen) atoms. The van der Waals surface area contributed by atoms with Crippen molar-refractivity contribution in [2.75, 3.05) is 13.1 Å². The Bertz CT molecular complexity index is 476. The van der Waals surface area contributed by atoms with Gasteiger partial charge in [0.1, 0.15) is 0 Å². The van der Waals surface area contributed by atoms with Crippen LogP contribution in [0, 0.1) is 0 Å². The second-order valence-corrected chi connectivity index (χ2v) is 4.24. The maximum Gasteiger partial charge on any atom is 0.231 e. The number of aromatic nitrogens is 3. The molecule has 0 spiro atoms. The lowest BCUT2D eigenvalue weighted by molar-refractivity contribution is 0.322. The van der Waals surface area contributed by atoms with Gasteiger partial charge >= 0.3 is 0 Å². The number of hydrogen-bond acceptors (Lipinski definition) is 5. The normalized spacial score (nSPS) is 20.4. The summed E-state index contributed by atoms with van der Waals surface area (Å²) in [4.78, 5) is 8.50. The number of nitrogens with one attached hydrogen (secondary N) is 1. The van der Waals surface area contributed by atoms with Gasteiger partial charge in [-0.15, -0.1) is 0 Å². The molecule has 1 N–H and O–H groups in total. The number of hydrogen-bond donors (Lipinski definition) is 1. The largest absolute Gasteiger partial charge is 0.339 e. The Morgan fingerprint density at radius 3 is 3.18 bits per heavy atom. The van der Waals surface area contributed by atoms with Crippen molar-refractivity contribution >= 4 is 0 Å². The fourth-order valence-corrected chi connectivity index (χ4v) is 2.08. The molecule has 0 amide bonds. The number of pyridine rings is 1. The summed E-state index contributed by atoms with van der Waals surface area (Å²) in [6.45, 7) is 2.01. The third kappa shape index (κ3) is 2.19. The molecular weight excluding hydrogens is 216 g/mol. The van der Waals surface area contributed by atoms with Gasteiger partial charge in [0.25, 0.3) is 0 Å². The highest BCUT2D eigenvalue weighted by Gasteiger charge is 2.21. The molecule has 1 unspecified atom stereocenters. The zero-order valence-corrected chi connectivity index (χ0v) is 9.47. The zero-order valence-electron chi connectivity index (χ0n) is 9.47. The average molecular weight is 230 g/mol. The number of nitrogens with zero attached hydrogens (tertiary/aromatic N) is 3. The predicted molar refractivity (Wildman–Crippen MR) is 62.4 cm³/mol. The topological polar surface area (TPSA) is 63.8 Å². The second kappa shape index (κ2) is 4.63. The van der Waals surface area contributed by atoms with E-state index in [0.717, 1.165) is 37.4 Å².